The first-order valence-corrected chi connectivity index (χ1v) is 9.47. The van der Waals surface area contributed by atoms with Gasteiger partial charge in [-0.05, 0) is 41.2 Å². The lowest BCUT2D eigenvalue weighted by Gasteiger charge is -2.12. The normalized spacial score (nSPS) is 11.3. The number of hydrogen-bond acceptors (Lipinski definition) is 0. The summed E-state index contributed by atoms with van der Waals surface area (Å²) in [6.07, 6.45) is 1.89. The highest BCUT2D eigenvalue weighted by atomic mass is 14.7. The van der Waals surface area contributed by atoms with Crippen molar-refractivity contribution < 1.29 is 0 Å². The molecule has 27 heavy (non-hydrogen) atoms. The van der Waals surface area contributed by atoms with Crippen LogP contribution in [0.1, 0.15) is 22.3 Å². The monoisotopic (exact) mass is 347 g/mol. The van der Waals surface area contributed by atoms with Gasteiger partial charge >= 0.3 is 0 Å². The number of aromatic amines is 1. The van der Waals surface area contributed by atoms with Crippen molar-refractivity contribution in [1.82, 2.24) is 4.98 Å². The lowest BCUT2D eigenvalue weighted by molar-refractivity contribution is 1.10. The Hall–Kier alpha value is -3.32. The standard InChI is InChI=1S/C26H21N/c1-3-9-19(10-4-1)17-21-15-16-23-22-13-7-8-14-25(22)27-26(23)24(21)18-20-11-5-2-6-12-20/h1-16,27H,17-18H2. The molecule has 0 saturated heterocycles. The maximum Gasteiger partial charge on any atom is 0.0503 e. The Morgan fingerprint density at radius 3 is 1.89 bits per heavy atom. The molecule has 1 aromatic heterocycles. The first-order chi connectivity index (χ1) is 13.4. The fraction of sp³-hybridized carbons (Fsp3) is 0.0769. The molecule has 0 bridgehead atoms. The molecule has 0 atom stereocenters. The summed E-state index contributed by atoms with van der Waals surface area (Å²) in [6.45, 7) is 0. The summed E-state index contributed by atoms with van der Waals surface area (Å²) in [5, 5.41) is 2.61. The zero-order chi connectivity index (χ0) is 18.1. The van der Waals surface area contributed by atoms with Crippen molar-refractivity contribution in [3.8, 4) is 0 Å². The maximum absolute atomic E-state index is 3.69. The molecule has 0 amide bonds. The summed E-state index contributed by atoms with van der Waals surface area (Å²) in [5.41, 5.74) is 7.97. The van der Waals surface area contributed by atoms with Crippen molar-refractivity contribution in [2.75, 3.05) is 0 Å². The maximum atomic E-state index is 3.69. The predicted octanol–water partition coefficient (Wildman–Crippen LogP) is 6.50. The van der Waals surface area contributed by atoms with Gasteiger partial charge in [0.15, 0.2) is 0 Å². The number of aromatic nitrogens is 1. The summed E-state index contributed by atoms with van der Waals surface area (Å²) < 4.78 is 0. The van der Waals surface area contributed by atoms with Crippen molar-refractivity contribution in [3.05, 3.63) is 119 Å². The molecular weight excluding hydrogens is 326 g/mol. The molecule has 0 unspecified atom stereocenters. The van der Waals surface area contributed by atoms with Gasteiger partial charge in [0.1, 0.15) is 0 Å². The number of H-pyrrole nitrogens is 1. The van der Waals surface area contributed by atoms with Gasteiger partial charge in [-0.3, -0.25) is 0 Å². The third-order valence-electron chi connectivity index (χ3n) is 5.35. The fourth-order valence-electron chi connectivity index (χ4n) is 4.00. The Labute approximate surface area is 159 Å². The van der Waals surface area contributed by atoms with Gasteiger partial charge in [-0.2, -0.15) is 0 Å². The van der Waals surface area contributed by atoms with Crippen LogP contribution < -0.4 is 0 Å². The molecule has 130 valence electrons. The molecule has 0 aliphatic carbocycles. The van der Waals surface area contributed by atoms with Crippen LogP contribution in [0.25, 0.3) is 21.8 Å². The van der Waals surface area contributed by atoms with Gasteiger partial charge in [0.05, 0.1) is 5.52 Å². The fourth-order valence-corrected chi connectivity index (χ4v) is 4.00. The zero-order valence-corrected chi connectivity index (χ0v) is 15.2. The van der Waals surface area contributed by atoms with E-state index in [1.54, 1.807) is 0 Å². The van der Waals surface area contributed by atoms with Crippen LogP contribution in [0.3, 0.4) is 0 Å². The van der Waals surface area contributed by atoms with Crippen LogP contribution >= 0.6 is 0 Å². The van der Waals surface area contributed by atoms with Crippen molar-refractivity contribution >= 4 is 21.8 Å². The average molecular weight is 347 g/mol. The van der Waals surface area contributed by atoms with Gasteiger partial charge in [0.2, 0.25) is 0 Å². The molecule has 5 rings (SSSR count). The van der Waals surface area contributed by atoms with E-state index in [2.05, 4.69) is 102 Å². The van der Waals surface area contributed by atoms with E-state index in [-0.39, 0.29) is 0 Å². The predicted molar refractivity (Wildman–Crippen MR) is 114 cm³/mol. The molecule has 0 radical (unpaired) electrons. The van der Waals surface area contributed by atoms with Gasteiger partial charge < -0.3 is 4.98 Å². The van der Waals surface area contributed by atoms with E-state index in [1.165, 1.54) is 44.1 Å². The highest BCUT2D eigenvalue weighted by Crippen LogP contribution is 2.32. The number of para-hydroxylation sites is 1. The molecule has 4 aromatic carbocycles. The molecule has 0 aliphatic heterocycles. The van der Waals surface area contributed by atoms with Crippen LogP contribution in [0, 0.1) is 0 Å². The third kappa shape index (κ3) is 3.02. The van der Waals surface area contributed by atoms with E-state index in [1.807, 2.05) is 0 Å². The summed E-state index contributed by atoms with van der Waals surface area (Å²) in [4.78, 5) is 3.69. The minimum atomic E-state index is 0.938. The van der Waals surface area contributed by atoms with Crippen LogP contribution in [-0.2, 0) is 12.8 Å². The van der Waals surface area contributed by atoms with Gasteiger partial charge in [0, 0.05) is 16.3 Å². The van der Waals surface area contributed by atoms with Gasteiger partial charge in [-0.15, -0.1) is 0 Å². The molecular formula is C26H21N. The van der Waals surface area contributed by atoms with E-state index >= 15 is 0 Å². The second-order valence-electron chi connectivity index (χ2n) is 7.12. The number of rotatable bonds is 4. The Balaban J connectivity index is 1.70. The lowest BCUT2D eigenvalue weighted by atomic mass is 9.93. The van der Waals surface area contributed by atoms with Crippen molar-refractivity contribution in [2.24, 2.45) is 0 Å². The Morgan fingerprint density at radius 1 is 0.519 bits per heavy atom. The van der Waals surface area contributed by atoms with E-state index in [9.17, 15) is 0 Å². The van der Waals surface area contributed by atoms with E-state index in [4.69, 9.17) is 0 Å². The first-order valence-electron chi connectivity index (χ1n) is 9.47. The third-order valence-corrected chi connectivity index (χ3v) is 5.35. The Morgan fingerprint density at radius 2 is 1.15 bits per heavy atom. The van der Waals surface area contributed by atoms with Crippen LogP contribution in [0.5, 0.6) is 0 Å². The molecule has 0 fully saturated rings. The number of fused-ring (bicyclic) bond motifs is 3. The topological polar surface area (TPSA) is 15.8 Å². The summed E-state index contributed by atoms with van der Waals surface area (Å²) in [6, 6.07) is 34.7. The largest absolute Gasteiger partial charge is 0.354 e. The highest BCUT2D eigenvalue weighted by Gasteiger charge is 2.13. The Bertz CT molecular complexity index is 1200. The molecule has 0 spiro atoms. The van der Waals surface area contributed by atoms with E-state index in [0.29, 0.717) is 0 Å². The van der Waals surface area contributed by atoms with E-state index in [0.717, 1.165) is 12.8 Å². The summed E-state index contributed by atoms with van der Waals surface area (Å²) in [7, 11) is 0. The lowest BCUT2D eigenvalue weighted by Crippen LogP contribution is -1.99. The summed E-state index contributed by atoms with van der Waals surface area (Å²) >= 11 is 0. The first kappa shape index (κ1) is 15.9. The molecule has 1 N–H and O–H groups in total. The number of nitrogens with one attached hydrogen (secondary N) is 1. The Kier molecular flexibility index (Phi) is 3.99. The minimum absolute atomic E-state index is 0.938. The van der Waals surface area contributed by atoms with Gasteiger partial charge in [-0.25, -0.2) is 0 Å². The number of benzene rings is 4. The minimum Gasteiger partial charge on any atom is -0.354 e. The molecule has 0 aliphatic rings. The van der Waals surface area contributed by atoms with Crippen LogP contribution in [0.15, 0.2) is 97.1 Å². The highest BCUT2D eigenvalue weighted by molar-refractivity contribution is 6.08. The average Bonchev–Trinajstić information content (AvgIpc) is 3.10. The second kappa shape index (κ2) is 6.77. The van der Waals surface area contributed by atoms with Gasteiger partial charge in [-0.1, -0.05) is 91.0 Å². The number of hydrogen-bond donors (Lipinski definition) is 1. The molecule has 5 aromatic rings. The zero-order valence-electron chi connectivity index (χ0n) is 15.2. The SMILES string of the molecule is c1ccc(Cc2ccc3c([nH]c4ccccc43)c2Cc2ccccc2)cc1. The van der Waals surface area contributed by atoms with Crippen LogP contribution in [0.4, 0.5) is 0 Å². The van der Waals surface area contributed by atoms with Crippen LogP contribution in [-0.4, -0.2) is 4.98 Å². The van der Waals surface area contributed by atoms with Crippen LogP contribution in [0.2, 0.25) is 0 Å². The van der Waals surface area contributed by atoms with Crippen molar-refractivity contribution in [1.29, 1.82) is 0 Å². The van der Waals surface area contributed by atoms with Crippen molar-refractivity contribution in [3.63, 3.8) is 0 Å². The quantitative estimate of drug-likeness (QED) is 0.382. The molecule has 1 nitrogen and oxygen atoms in total. The summed E-state index contributed by atoms with van der Waals surface area (Å²) in [5.74, 6) is 0. The molecule has 1 heterocycles. The van der Waals surface area contributed by atoms with Crippen molar-refractivity contribution in [2.45, 2.75) is 12.8 Å². The second-order valence-corrected chi connectivity index (χ2v) is 7.12. The molecule has 0 saturated carbocycles. The smallest absolute Gasteiger partial charge is 0.0503 e. The van der Waals surface area contributed by atoms with E-state index < -0.39 is 0 Å². The van der Waals surface area contributed by atoms with Gasteiger partial charge in [0.25, 0.3) is 0 Å². The molecule has 1 heteroatoms.